The number of allylic oxidation sites excluding steroid dienone is 1. The van der Waals surface area contributed by atoms with Gasteiger partial charge in [0.15, 0.2) is 5.78 Å². The third-order valence-corrected chi connectivity index (χ3v) is 4.77. The molecule has 0 spiro atoms. The number of para-hydroxylation sites is 1. The van der Waals surface area contributed by atoms with E-state index in [9.17, 15) is 13.6 Å². The third kappa shape index (κ3) is 4.86. The number of hydrogen-bond donors (Lipinski definition) is 0. The van der Waals surface area contributed by atoms with Gasteiger partial charge in [0.2, 0.25) is 0 Å². The standard InChI is InChI=1S/C21H16F2O2S/c22-21(23)25-19-9-5-4-8-16(19)10-12-18(24)20-13-11-17(26-20)14-15-6-2-1-3-7-15/h1-13,21H,14H2/b12-10+. The van der Waals surface area contributed by atoms with Gasteiger partial charge in [-0.25, -0.2) is 0 Å². The van der Waals surface area contributed by atoms with Gasteiger partial charge in [-0.3, -0.25) is 4.79 Å². The van der Waals surface area contributed by atoms with E-state index in [1.807, 2.05) is 36.4 Å². The summed E-state index contributed by atoms with van der Waals surface area (Å²) in [5.74, 6) is -0.122. The molecule has 5 heteroatoms. The van der Waals surface area contributed by atoms with Crippen molar-refractivity contribution < 1.29 is 18.3 Å². The molecule has 132 valence electrons. The van der Waals surface area contributed by atoms with Gasteiger partial charge in [0, 0.05) is 16.9 Å². The number of ether oxygens (including phenoxy) is 1. The van der Waals surface area contributed by atoms with E-state index in [0.717, 1.165) is 11.3 Å². The van der Waals surface area contributed by atoms with Gasteiger partial charge in [0.1, 0.15) is 5.75 Å². The zero-order valence-electron chi connectivity index (χ0n) is 13.8. The fraction of sp³-hybridized carbons (Fsp3) is 0.0952. The van der Waals surface area contributed by atoms with Crippen LogP contribution in [0.2, 0.25) is 0 Å². The zero-order valence-corrected chi connectivity index (χ0v) is 14.6. The Morgan fingerprint density at radius 2 is 1.73 bits per heavy atom. The van der Waals surface area contributed by atoms with Gasteiger partial charge in [-0.2, -0.15) is 8.78 Å². The minimum Gasteiger partial charge on any atom is -0.434 e. The van der Waals surface area contributed by atoms with Crippen molar-refractivity contribution in [2.24, 2.45) is 0 Å². The van der Waals surface area contributed by atoms with E-state index < -0.39 is 6.61 Å². The highest BCUT2D eigenvalue weighted by molar-refractivity contribution is 7.14. The third-order valence-electron chi connectivity index (χ3n) is 3.68. The number of rotatable bonds is 7. The molecular weight excluding hydrogens is 354 g/mol. The van der Waals surface area contributed by atoms with Gasteiger partial charge >= 0.3 is 6.61 Å². The van der Waals surface area contributed by atoms with E-state index >= 15 is 0 Å². The quantitative estimate of drug-likeness (QED) is 0.386. The summed E-state index contributed by atoms with van der Waals surface area (Å²) < 4.78 is 29.3. The number of alkyl halides is 2. The molecule has 0 bridgehead atoms. The maximum absolute atomic E-state index is 12.4. The monoisotopic (exact) mass is 370 g/mol. The van der Waals surface area contributed by atoms with Crippen molar-refractivity contribution in [3.05, 3.63) is 93.7 Å². The van der Waals surface area contributed by atoms with Crippen LogP contribution < -0.4 is 4.74 Å². The van der Waals surface area contributed by atoms with Gasteiger partial charge in [-0.05, 0) is 35.9 Å². The number of thiophene rings is 1. The minimum atomic E-state index is -2.90. The van der Waals surface area contributed by atoms with Crippen molar-refractivity contribution in [1.29, 1.82) is 0 Å². The predicted molar refractivity (Wildman–Crippen MR) is 100 cm³/mol. The van der Waals surface area contributed by atoms with Crippen LogP contribution in [0.15, 0.2) is 72.8 Å². The molecule has 0 amide bonds. The number of carbonyl (C=O) groups is 1. The highest BCUT2D eigenvalue weighted by Crippen LogP contribution is 2.24. The summed E-state index contributed by atoms with van der Waals surface area (Å²) >= 11 is 1.43. The summed E-state index contributed by atoms with van der Waals surface area (Å²) in [4.78, 5) is 14.1. The fourth-order valence-corrected chi connectivity index (χ4v) is 3.43. The van der Waals surface area contributed by atoms with Crippen LogP contribution in [0, 0.1) is 0 Å². The molecule has 0 radical (unpaired) electrons. The van der Waals surface area contributed by atoms with Crippen LogP contribution in [0.1, 0.15) is 25.7 Å². The lowest BCUT2D eigenvalue weighted by molar-refractivity contribution is -0.0499. The topological polar surface area (TPSA) is 26.3 Å². The van der Waals surface area contributed by atoms with Crippen molar-refractivity contribution in [2.45, 2.75) is 13.0 Å². The molecule has 2 nitrogen and oxygen atoms in total. The Morgan fingerprint density at radius 3 is 2.50 bits per heavy atom. The maximum Gasteiger partial charge on any atom is 0.387 e. The first-order valence-corrected chi connectivity index (χ1v) is 8.82. The lowest BCUT2D eigenvalue weighted by atomic mass is 10.1. The molecule has 0 fully saturated rings. The summed E-state index contributed by atoms with van der Waals surface area (Å²) in [6.07, 6.45) is 3.65. The molecule has 1 aromatic heterocycles. The maximum atomic E-state index is 12.4. The van der Waals surface area contributed by atoms with E-state index in [4.69, 9.17) is 0 Å². The second kappa shape index (κ2) is 8.54. The van der Waals surface area contributed by atoms with Crippen LogP contribution in [0.4, 0.5) is 8.78 Å². The van der Waals surface area contributed by atoms with Crippen molar-refractivity contribution in [1.82, 2.24) is 0 Å². The first-order chi connectivity index (χ1) is 12.6. The van der Waals surface area contributed by atoms with E-state index in [1.54, 1.807) is 24.3 Å². The number of carbonyl (C=O) groups excluding carboxylic acids is 1. The SMILES string of the molecule is O=C(/C=C/c1ccccc1OC(F)F)c1ccc(Cc2ccccc2)s1. The van der Waals surface area contributed by atoms with E-state index in [-0.39, 0.29) is 11.5 Å². The van der Waals surface area contributed by atoms with Gasteiger partial charge in [0.05, 0.1) is 4.88 Å². The van der Waals surface area contributed by atoms with Gasteiger partial charge in [0.25, 0.3) is 0 Å². The summed E-state index contributed by atoms with van der Waals surface area (Å²) in [6, 6.07) is 20.1. The first-order valence-electron chi connectivity index (χ1n) is 8.01. The molecule has 26 heavy (non-hydrogen) atoms. The largest absolute Gasteiger partial charge is 0.434 e. The Morgan fingerprint density at radius 1 is 1.00 bits per heavy atom. The highest BCUT2D eigenvalue weighted by Gasteiger charge is 2.09. The van der Waals surface area contributed by atoms with E-state index in [1.165, 1.54) is 35.1 Å². The lowest BCUT2D eigenvalue weighted by Gasteiger charge is -2.06. The van der Waals surface area contributed by atoms with Crippen LogP contribution in [-0.4, -0.2) is 12.4 Å². The molecule has 0 N–H and O–H groups in total. The Labute approximate surface area is 154 Å². The van der Waals surface area contributed by atoms with Crippen LogP contribution in [0.3, 0.4) is 0 Å². The Balaban J connectivity index is 1.70. The molecule has 0 aliphatic rings. The molecule has 0 atom stereocenters. The second-order valence-corrected chi connectivity index (χ2v) is 6.71. The lowest BCUT2D eigenvalue weighted by Crippen LogP contribution is -2.03. The number of ketones is 1. The van der Waals surface area contributed by atoms with Gasteiger partial charge < -0.3 is 4.74 Å². The molecule has 2 aromatic carbocycles. The zero-order chi connectivity index (χ0) is 18.4. The van der Waals surface area contributed by atoms with E-state index in [2.05, 4.69) is 4.74 Å². The fourth-order valence-electron chi connectivity index (χ4n) is 2.47. The van der Waals surface area contributed by atoms with Crippen LogP contribution in [0.25, 0.3) is 6.08 Å². The molecule has 3 aromatic rings. The van der Waals surface area contributed by atoms with Crippen LogP contribution in [0.5, 0.6) is 5.75 Å². The first kappa shape index (κ1) is 18.0. The molecule has 0 saturated heterocycles. The Bertz CT molecular complexity index is 901. The number of benzene rings is 2. The molecule has 1 heterocycles. The summed E-state index contributed by atoms with van der Waals surface area (Å²) in [5.41, 5.74) is 1.61. The average molecular weight is 370 g/mol. The summed E-state index contributed by atoms with van der Waals surface area (Å²) in [6.45, 7) is -2.90. The molecule has 0 unspecified atom stereocenters. The van der Waals surface area contributed by atoms with Gasteiger partial charge in [-0.1, -0.05) is 48.5 Å². The normalized spacial score (nSPS) is 11.2. The van der Waals surface area contributed by atoms with Crippen molar-refractivity contribution in [2.75, 3.05) is 0 Å². The average Bonchev–Trinajstić information content (AvgIpc) is 3.10. The minimum absolute atomic E-state index is 0.0440. The summed E-state index contributed by atoms with van der Waals surface area (Å²) in [7, 11) is 0. The number of hydrogen-bond acceptors (Lipinski definition) is 3. The molecule has 0 aliphatic carbocycles. The number of halogens is 2. The van der Waals surface area contributed by atoms with Crippen molar-refractivity contribution >= 4 is 23.2 Å². The second-order valence-electron chi connectivity index (χ2n) is 5.54. The molecule has 3 rings (SSSR count). The van der Waals surface area contributed by atoms with Crippen molar-refractivity contribution in [3.8, 4) is 5.75 Å². The smallest absolute Gasteiger partial charge is 0.387 e. The summed E-state index contributed by atoms with van der Waals surface area (Å²) in [5, 5.41) is 0. The van der Waals surface area contributed by atoms with Crippen molar-refractivity contribution in [3.63, 3.8) is 0 Å². The Hall–Kier alpha value is -2.79. The van der Waals surface area contributed by atoms with Crippen LogP contribution >= 0.6 is 11.3 Å². The highest BCUT2D eigenvalue weighted by atomic mass is 32.1. The molecule has 0 aliphatic heterocycles. The Kier molecular flexibility index (Phi) is 5.92. The molecular formula is C21H16F2O2S. The van der Waals surface area contributed by atoms with E-state index in [0.29, 0.717) is 10.4 Å². The van der Waals surface area contributed by atoms with Gasteiger partial charge in [-0.15, -0.1) is 11.3 Å². The predicted octanol–water partition coefficient (Wildman–Crippen LogP) is 5.84. The van der Waals surface area contributed by atoms with Crippen LogP contribution in [-0.2, 0) is 6.42 Å². The molecule has 0 saturated carbocycles.